The highest BCUT2D eigenvalue weighted by Gasteiger charge is 2.30. The number of sulfone groups is 1. The van der Waals surface area contributed by atoms with Gasteiger partial charge >= 0.3 is 0 Å². The number of aryl methyl sites for hydroxylation is 1. The van der Waals surface area contributed by atoms with E-state index in [4.69, 9.17) is 5.73 Å². The van der Waals surface area contributed by atoms with Crippen molar-refractivity contribution in [1.29, 1.82) is 0 Å². The van der Waals surface area contributed by atoms with E-state index in [1.807, 2.05) is 55.5 Å². The molecule has 5 aromatic rings. The van der Waals surface area contributed by atoms with Gasteiger partial charge in [0.1, 0.15) is 16.2 Å². The molecule has 0 aliphatic heterocycles. The fourth-order valence-electron chi connectivity index (χ4n) is 4.00. The third kappa shape index (κ3) is 4.06. The molecule has 2 heterocycles. The van der Waals surface area contributed by atoms with Crippen LogP contribution in [0.15, 0.2) is 87.7 Å². The zero-order valence-electron chi connectivity index (χ0n) is 19.7. The number of nitrogens with two attached hydrogens (primary N) is 1. The Bertz CT molecular complexity index is 1700. The summed E-state index contributed by atoms with van der Waals surface area (Å²) in [5.74, 6) is 0.384. The molecule has 0 bridgehead atoms. The summed E-state index contributed by atoms with van der Waals surface area (Å²) in [7, 11) is -3.99. The summed E-state index contributed by atoms with van der Waals surface area (Å²) in [5, 5.41) is 4.53. The molecule has 35 heavy (non-hydrogen) atoms. The third-order valence-electron chi connectivity index (χ3n) is 5.92. The maximum atomic E-state index is 13.7. The molecule has 176 valence electrons. The van der Waals surface area contributed by atoms with Crippen molar-refractivity contribution in [1.82, 2.24) is 14.6 Å². The van der Waals surface area contributed by atoms with E-state index in [1.54, 1.807) is 30.5 Å². The fraction of sp³-hybridized carbons (Fsp3) is 0.148. The molecule has 0 saturated heterocycles. The first kappa shape index (κ1) is 22.7. The van der Waals surface area contributed by atoms with E-state index >= 15 is 0 Å². The molecule has 0 aliphatic rings. The van der Waals surface area contributed by atoms with Crippen LogP contribution in [0.2, 0.25) is 0 Å². The zero-order chi connectivity index (χ0) is 24.7. The quantitative estimate of drug-likeness (QED) is 0.341. The molecule has 0 atom stereocenters. The lowest BCUT2D eigenvalue weighted by Gasteiger charge is -2.06. The molecule has 3 aromatic carbocycles. The Labute approximate surface area is 203 Å². The summed E-state index contributed by atoms with van der Waals surface area (Å²) in [6, 6.07) is 22.0. The SMILES string of the molecule is Cc1cccc(S(=O)(=O)c2c(N)n(/N=C\c3ccc(C(C)C)cc3)c3nc4ccccc4nc23)c1. The Kier molecular flexibility index (Phi) is 5.61. The normalized spacial score (nSPS) is 12.3. The Hall–Kier alpha value is -4.04. The average Bonchev–Trinajstić information content (AvgIpc) is 3.12. The Morgan fingerprint density at radius 1 is 0.943 bits per heavy atom. The third-order valence-corrected chi connectivity index (χ3v) is 7.74. The second-order valence-electron chi connectivity index (χ2n) is 8.80. The van der Waals surface area contributed by atoms with Gasteiger partial charge in [0.05, 0.1) is 22.1 Å². The number of para-hydroxylation sites is 2. The van der Waals surface area contributed by atoms with Crippen LogP contribution in [0, 0.1) is 6.92 Å². The molecule has 2 aromatic heterocycles. The molecule has 0 spiro atoms. The number of fused-ring (bicyclic) bond motifs is 2. The highest BCUT2D eigenvalue weighted by molar-refractivity contribution is 7.92. The number of benzene rings is 3. The maximum absolute atomic E-state index is 13.7. The summed E-state index contributed by atoms with van der Waals surface area (Å²) in [4.78, 5) is 9.37. The van der Waals surface area contributed by atoms with Crippen LogP contribution in [0.25, 0.3) is 22.2 Å². The minimum atomic E-state index is -3.99. The lowest BCUT2D eigenvalue weighted by Crippen LogP contribution is -2.07. The van der Waals surface area contributed by atoms with Crippen molar-refractivity contribution in [3.63, 3.8) is 0 Å². The number of nitrogen functional groups attached to an aromatic ring is 1. The Morgan fingerprint density at radius 3 is 2.29 bits per heavy atom. The van der Waals surface area contributed by atoms with Gasteiger partial charge < -0.3 is 5.73 Å². The van der Waals surface area contributed by atoms with Gasteiger partial charge in [-0.25, -0.2) is 18.4 Å². The average molecular weight is 484 g/mol. The van der Waals surface area contributed by atoms with Gasteiger partial charge in [-0.3, -0.25) is 0 Å². The largest absolute Gasteiger partial charge is 0.382 e. The van der Waals surface area contributed by atoms with E-state index in [-0.39, 0.29) is 26.8 Å². The zero-order valence-corrected chi connectivity index (χ0v) is 20.5. The fourth-order valence-corrected chi connectivity index (χ4v) is 5.58. The summed E-state index contributed by atoms with van der Waals surface area (Å²) in [6.45, 7) is 6.11. The summed E-state index contributed by atoms with van der Waals surface area (Å²) < 4.78 is 28.8. The van der Waals surface area contributed by atoms with E-state index in [2.05, 4.69) is 28.9 Å². The highest BCUT2D eigenvalue weighted by atomic mass is 32.2. The first-order valence-corrected chi connectivity index (χ1v) is 12.8. The van der Waals surface area contributed by atoms with Crippen LogP contribution >= 0.6 is 0 Å². The van der Waals surface area contributed by atoms with Gasteiger partial charge in [0.25, 0.3) is 0 Å². The van der Waals surface area contributed by atoms with Gasteiger partial charge in [-0.15, -0.1) is 0 Å². The number of hydrogen-bond donors (Lipinski definition) is 1. The molecule has 0 fully saturated rings. The first-order chi connectivity index (χ1) is 16.8. The predicted octanol–water partition coefficient (Wildman–Crippen LogP) is 5.31. The molecule has 0 saturated carbocycles. The molecule has 0 radical (unpaired) electrons. The number of hydrogen-bond acceptors (Lipinski definition) is 6. The van der Waals surface area contributed by atoms with Gasteiger partial charge in [0.15, 0.2) is 5.65 Å². The molecule has 8 heteroatoms. The number of nitrogens with zero attached hydrogens (tertiary/aromatic N) is 4. The molecule has 7 nitrogen and oxygen atoms in total. The van der Waals surface area contributed by atoms with E-state index < -0.39 is 9.84 Å². The first-order valence-electron chi connectivity index (χ1n) is 11.3. The summed E-state index contributed by atoms with van der Waals surface area (Å²) in [5.41, 5.74) is 11.0. The van der Waals surface area contributed by atoms with Gasteiger partial charge in [-0.2, -0.15) is 9.78 Å². The minimum absolute atomic E-state index is 0.0353. The van der Waals surface area contributed by atoms with Crippen LogP contribution in [0.1, 0.15) is 36.5 Å². The van der Waals surface area contributed by atoms with Crippen molar-refractivity contribution in [2.45, 2.75) is 36.5 Å². The monoisotopic (exact) mass is 483 g/mol. The molecular formula is C27H25N5O2S. The maximum Gasteiger partial charge on any atom is 0.212 e. The van der Waals surface area contributed by atoms with E-state index in [0.29, 0.717) is 17.0 Å². The summed E-state index contributed by atoms with van der Waals surface area (Å²) in [6.07, 6.45) is 1.64. The number of aromatic nitrogens is 3. The molecule has 2 N–H and O–H groups in total. The van der Waals surface area contributed by atoms with Crippen LogP contribution in [-0.2, 0) is 9.84 Å². The molecule has 0 unspecified atom stereocenters. The van der Waals surface area contributed by atoms with Crippen molar-refractivity contribution in [2.75, 3.05) is 5.73 Å². The smallest absolute Gasteiger partial charge is 0.212 e. The van der Waals surface area contributed by atoms with Crippen LogP contribution in [-0.4, -0.2) is 29.3 Å². The van der Waals surface area contributed by atoms with Gasteiger partial charge in [-0.1, -0.05) is 62.4 Å². The van der Waals surface area contributed by atoms with Gasteiger partial charge in [-0.05, 0) is 53.8 Å². The Balaban J connectivity index is 1.74. The van der Waals surface area contributed by atoms with Crippen molar-refractivity contribution in [3.8, 4) is 0 Å². The van der Waals surface area contributed by atoms with Crippen LogP contribution < -0.4 is 5.73 Å². The lowest BCUT2D eigenvalue weighted by atomic mass is 10.0. The number of rotatable bonds is 5. The van der Waals surface area contributed by atoms with E-state index in [9.17, 15) is 8.42 Å². The lowest BCUT2D eigenvalue weighted by molar-refractivity contribution is 0.597. The second-order valence-corrected chi connectivity index (χ2v) is 10.7. The topological polar surface area (TPSA) is 103 Å². The number of anilines is 1. The highest BCUT2D eigenvalue weighted by Crippen LogP contribution is 2.35. The molecule has 5 rings (SSSR count). The Morgan fingerprint density at radius 2 is 1.63 bits per heavy atom. The van der Waals surface area contributed by atoms with E-state index in [0.717, 1.165) is 11.1 Å². The van der Waals surface area contributed by atoms with Crippen LogP contribution in [0.4, 0.5) is 5.82 Å². The molecule has 0 amide bonds. The van der Waals surface area contributed by atoms with Gasteiger partial charge in [0.2, 0.25) is 9.84 Å². The van der Waals surface area contributed by atoms with Gasteiger partial charge in [0, 0.05) is 0 Å². The van der Waals surface area contributed by atoms with Crippen molar-refractivity contribution in [2.24, 2.45) is 5.10 Å². The van der Waals surface area contributed by atoms with Crippen molar-refractivity contribution < 1.29 is 8.42 Å². The van der Waals surface area contributed by atoms with Crippen LogP contribution in [0.5, 0.6) is 0 Å². The standard InChI is InChI=1S/C27H25N5O2S/c1-17(2)20-13-11-19(12-14-20)16-29-32-26(28)25(35(33,34)21-8-6-7-18(3)15-21)24-27(32)31-23-10-5-4-9-22(23)30-24/h4-17H,28H2,1-3H3/b29-16-. The summed E-state index contributed by atoms with van der Waals surface area (Å²) >= 11 is 0. The second kappa shape index (κ2) is 8.63. The van der Waals surface area contributed by atoms with Crippen molar-refractivity contribution >= 4 is 44.1 Å². The predicted molar refractivity (Wildman–Crippen MR) is 140 cm³/mol. The van der Waals surface area contributed by atoms with Crippen LogP contribution in [0.3, 0.4) is 0 Å². The van der Waals surface area contributed by atoms with E-state index in [1.165, 1.54) is 10.2 Å². The van der Waals surface area contributed by atoms with Crippen molar-refractivity contribution in [3.05, 3.63) is 89.5 Å². The molecule has 0 aliphatic carbocycles. The molecular weight excluding hydrogens is 458 g/mol. The minimum Gasteiger partial charge on any atom is -0.382 e.